The van der Waals surface area contributed by atoms with E-state index in [9.17, 15) is 4.79 Å². The molecule has 1 N–H and O–H groups in total. The van der Waals surface area contributed by atoms with Gasteiger partial charge in [-0.05, 0) is 11.0 Å². The largest absolute Gasteiger partial charge is 0.0149 e. The van der Waals surface area contributed by atoms with Crippen molar-refractivity contribution < 1.29 is 21.6 Å². The predicted octanol–water partition coefficient (Wildman–Crippen LogP) is 7.75. The van der Waals surface area contributed by atoms with Crippen LogP contribution >= 0.6 is 0 Å². The van der Waals surface area contributed by atoms with E-state index in [0.29, 0.717) is 4.22 Å². The molecule has 0 bridgehead atoms. The number of hydrogen-bond acceptors (Lipinski definition) is 1. The number of amides is 1. The van der Waals surface area contributed by atoms with Crippen LogP contribution in [0.25, 0.3) is 11.1 Å². The molecule has 0 aromatic heterocycles. The van der Waals surface area contributed by atoms with E-state index in [1.807, 2.05) is 30.3 Å². The number of nitrogens with one attached hydrogen (secondary N) is 1. The summed E-state index contributed by atoms with van der Waals surface area (Å²) in [6.45, 7) is 22.4. The third-order valence-electron chi connectivity index (χ3n) is 7.20. The van der Waals surface area contributed by atoms with Crippen LogP contribution in [0.5, 0.6) is 0 Å². The average Bonchev–Trinajstić information content (AvgIpc) is 3.18. The van der Waals surface area contributed by atoms with Gasteiger partial charge in [-0.1, -0.05) is 62.8 Å². The quantitative estimate of drug-likeness (QED) is 0.230. The SMILES string of the molecule is C=C(C(=C)[Si](C)(C)C)[Si](C)(C)C.[CH3][Ti]([CH3])([NH]C(=O)c1ccccc1)[CH]1c2ccccc2-c2ccccc21.[SiH4]. The Kier molecular flexibility index (Phi) is 10.5. The van der Waals surface area contributed by atoms with E-state index >= 15 is 0 Å². The van der Waals surface area contributed by atoms with Crippen LogP contribution in [0.15, 0.2) is 102 Å². The van der Waals surface area contributed by atoms with Crippen molar-refractivity contribution in [3.63, 3.8) is 0 Å². The van der Waals surface area contributed by atoms with Gasteiger partial charge in [-0.2, -0.15) is 0 Å². The van der Waals surface area contributed by atoms with Crippen LogP contribution in [-0.4, -0.2) is 33.0 Å². The number of fused-ring (bicyclic) bond motifs is 3. The summed E-state index contributed by atoms with van der Waals surface area (Å²) >= 11 is -2.72. The first-order chi connectivity index (χ1) is 17.1. The molecule has 38 heavy (non-hydrogen) atoms. The molecule has 1 aliphatic rings. The molecule has 0 aliphatic heterocycles. The molecule has 202 valence electrons. The summed E-state index contributed by atoms with van der Waals surface area (Å²) in [5.74, 6) is 0.0486. The molecule has 0 heterocycles. The maximum Gasteiger partial charge on any atom is -0.0149 e. The van der Waals surface area contributed by atoms with Crippen molar-refractivity contribution in [2.75, 3.05) is 0 Å². The van der Waals surface area contributed by atoms with Gasteiger partial charge in [-0.15, -0.1) is 0 Å². The van der Waals surface area contributed by atoms with Gasteiger partial charge in [0.1, 0.15) is 0 Å². The molecule has 0 atom stereocenters. The number of hydrogen-bond donors (Lipinski definition) is 1. The molecule has 0 spiro atoms. The zero-order valence-electron chi connectivity index (χ0n) is 23.9. The van der Waals surface area contributed by atoms with Crippen molar-refractivity contribution >= 4 is 33.0 Å². The smallest absolute Gasteiger partial charge is 0.0149 e. The molecule has 0 saturated carbocycles. The first-order valence-corrected chi connectivity index (χ1v) is 24.9. The summed E-state index contributed by atoms with van der Waals surface area (Å²) < 4.78 is 3.76. The van der Waals surface area contributed by atoms with Crippen molar-refractivity contribution in [1.82, 2.24) is 3.80 Å². The molecule has 2 nitrogen and oxygen atoms in total. The second-order valence-electron chi connectivity index (χ2n) is 12.6. The van der Waals surface area contributed by atoms with Gasteiger partial charge >= 0.3 is 153 Å². The molecule has 0 radical (unpaired) electrons. The standard InChI is InChI=1S/C13H9.C10H22Si2.C7H7NO.2CH3.H4Si.Ti/c1-3-7-12-10(5-1)9-11-6-2-4-8-13(11)12;1-9(11(3,4)5)10(2)12(6,7)8;8-7(9)6-4-2-1-3-5-6;;;;/h1-9H;1-2H2,3-8H3;1-5H,(H2,8,9);2*1H3;1H4;/q;;;;;;+1/p-1. The zero-order chi connectivity index (χ0) is 27.6. The monoisotopic (exact) mass is 593 g/mol. The Balaban J connectivity index is 0.000000335. The van der Waals surface area contributed by atoms with Crippen LogP contribution in [0.2, 0.25) is 49.7 Å². The van der Waals surface area contributed by atoms with Crippen molar-refractivity contribution in [2.45, 2.75) is 54.0 Å². The summed E-state index contributed by atoms with van der Waals surface area (Å²) in [5, 5.41) is 7.32. The Morgan fingerprint density at radius 1 is 0.684 bits per heavy atom. The van der Waals surface area contributed by atoms with Crippen molar-refractivity contribution in [3.8, 4) is 11.1 Å². The van der Waals surface area contributed by atoms with E-state index in [-0.39, 0.29) is 16.9 Å². The maximum atomic E-state index is 12.8. The minimum atomic E-state index is -2.72. The summed E-state index contributed by atoms with van der Waals surface area (Å²) in [6.07, 6.45) is 0. The Morgan fingerprint density at radius 3 is 1.45 bits per heavy atom. The third kappa shape index (κ3) is 7.33. The van der Waals surface area contributed by atoms with Crippen LogP contribution in [0.4, 0.5) is 0 Å². The van der Waals surface area contributed by atoms with Crippen molar-refractivity contribution in [2.24, 2.45) is 0 Å². The molecular weight excluding hydrogens is 546 g/mol. The van der Waals surface area contributed by atoms with Crippen LogP contribution in [0.3, 0.4) is 0 Å². The number of benzene rings is 3. The molecule has 3 aromatic rings. The van der Waals surface area contributed by atoms with E-state index < -0.39 is 33.0 Å². The molecule has 3 aromatic carbocycles. The topological polar surface area (TPSA) is 29.1 Å². The van der Waals surface area contributed by atoms with Crippen LogP contribution in [-0.2, 0) is 16.8 Å². The van der Waals surface area contributed by atoms with Gasteiger partial charge in [0, 0.05) is 0 Å². The van der Waals surface area contributed by atoms with Crippen LogP contribution in [0, 0.1) is 0 Å². The molecular formula is C32H47NOSi3Ti. The van der Waals surface area contributed by atoms with Gasteiger partial charge in [0.05, 0.1) is 16.1 Å². The van der Waals surface area contributed by atoms with Crippen molar-refractivity contribution in [3.05, 3.63) is 119 Å². The van der Waals surface area contributed by atoms with Gasteiger partial charge in [0.2, 0.25) is 0 Å². The summed E-state index contributed by atoms with van der Waals surface area (Å²) in [5.41, 5.74) is 6.09. The third-order valence-corrected chi connectivity index (χ3v) is 16.3. The van der Waals surface area contributed by atoms with Gasteiger partial charge in [0.25, 0.3) is 0 Å². The van der Waals surface area contributed by atoms with Crippen LogP contribution < -0.4 is 3.80 Å². The first-order valence-electron chi connectivity index (χ1n) is 13.1. The van der Waals surface area contributed by atoms with Gasteiger partial charge in [0.15, 0.2) is 0 Å². The Bertz CT molecular complexity index is 1230. The number of carbonyl (C=O) groups is 1. The Morgan fingerprint density at radius 2 is 1.05 bits per heavy atom. The second-order valence-corrected chi connectivity index (χ2v) is 29.5. The molecule has 0 fully saturated rings. The Labute approximate surface area is 241 Å². The van der Waals surface area contributed by atoms with Gasteiger partial charge < -0.3 is 0 Å². The van der Waals surface area contributed by atoms with E-state index in [2.05, 4.69) is 115 Å². The predicted molar refractivity (Wildman–Crippen MR) is 176 cm³/mol. The summed E-state index contributed by atoms with van der Waals surface area (Å²) in [4.78, 5) is 12.8. The molecule has 0 unspecified atom stereocenters. The minimum Gasteiger partial charge on any atom is -0.0149 e. The summed E-state index contributed by atoms with van der Waals surface area (Å²) in [7, 11) is -2.39. The first kappa shape index (κ1) is 32.2. The molecule has 6 heteroatoms. The molecule has 4 rings (SSSR count). The number of rotatable bonds is 6. The van der Waals surface area contributed by atoms with E-state index in [0.717, 1.165) is 5.56 Å². The van der Waals surface area contributed by atoms with Crippen molar-refractivity contribution in [1.29, 1.82) is 0 Å². The fourth-order valence-corrected chi connectivity index (χ4v) is 13.5. The fraction of sp³-hybridized carbons (Fsp3) is 0.281. The minimum absolute atomic E-state index is 0. The second kappa shape index (κ2) is 12.4. The van der Waals surface area contributed by atoms with E-state index in [1.165, 1.54) is 32.6 Å². The zero-order valence-corrected chi connectivity index (χ0v) is 27.5. The average molecular weight is 594 g/mol. The fourth-order valence-electron chi connectivity index (χ4n) is 4.86. The normalized spacial score (nSPS) is 12.7. The van der Waals surface area contributed by atoms with Gasteiger partial charge in [-0.25, -0.2) is 0 Å². The van der Waals surface area contributed by atoms with Gasteiger partial charge in [-0.3, -0.25) is 0 Å². The Hall–Kier alpha value is -2.03. The maximum absolute atomic E-state index is 12.8. The number of carbonyl (C=O) groups excluding carboxylic acids is 1. The number of allylic oxidation sites excluding steroid dienone is 2. The summed E-state index contributed by atoms with van der Waals surface area (Å²) in [6, 6.07) is 26.8. The van der Waals surface area contributed by atoms with E-state index in [1.54, 1.807) is 0 Å². The van der Waals surface area contributed by atoms with E-state index in [4.69, 9.17) is 0 Å². The van der Waals surface area contributed by atoms with Crippen LogP contribution in [0.1, 0.15) is 25.7 Å². The molecule has 1 amide bonds. The molecule has 0 saturated heterocycles. The molecule has 1 aliphatic carbocycles.